The van der Waals surface area contributed by atoms with Gasteiger partial charge in [-0.3, -0.25) is 19.6 Å². The summed E-state index contributed by atoms with van der Waals surface area (Å²) in [5, 5.41) is 3.74. The van der Waals surface area contributed by atoms with Gasteiger partial charge >= 0.3 is 6.18 Å². The zero-order valence-electron chi connectivity index (χ0n) is 61.3. The fourth-order valence-corrected chi connectivity index (χ4v) is 19.5. The van der Waals surface area contributed by atoms with E-state index < -0.39 is 11.7 Å². The molecule has 12 aromatic rings. The van der Waals surface area contributed by atoms with E-state index in [9.17, 15) is 17.6 Å². The molecular weight excluding hydrogens is 1390 g/mol. The highest BCUT2D eigenvalue weighted by molar-refractivity contribution is 6.31. The van der Waals surface area contributed by atoms with Crippen molar-refractivity contribution in [3.63, 3.8) is 0 Å². The third kappa shape index (κ3) is 14.3. The fraction of sp³-hybridized carbons (Fsp3) is 0.419. The summed E-state index contributed by atoms with van der Waals surface area (Å²) in [4.78, 5) is 39.1. The number of hydrogen-bond acceptors (Lipinski definition) is 11. The topological polar surface area (TPSA) is 119 Å². The van der Waals surface area contributed by atoms with Crippen LogP contribution in [0.2, 0.25) is 10.0 Å². The smallest absolute Gasteiger partial charge is 0.416 e. The molecule has 0 saturated carbocycles. The second-order valence-electron chi connectivity index (χ2n) is 30.4. The predicted octanol–water partition coefficient (Wildman–Crippen LogP) is 17.8. The number of aryl methyl sites for hydroxylation is 10. The lowest BCUT2D eigenvalue weighted by Gasteiger charge is -2.30. The Morgan fingerprint density at radius 3 is 1.16 bits per heavy atom. The van der Waals surface area contributed by atoms with Crippen LogP contribution in [-0.4, -0.2) is 127 Å². The Hall–Kier alpha value is -8.56. The quantitative estimate of drug-likeness (QED) is 0.103. The van der Waals surface area contributed by atoms with E-state index in [0.29, 0.717) is 42.2 Å². The van der Waals surface area contributed by atoms with E-state index in [1.807, 2.05) is 49.6 Å². The number of rotatable bonds is 13. The summed E-state index contributed by atoms with van der Waals surface area (Å²) in [6.45, 7) is 16.9. The van der Waals surface area contributed by atoms with Crippen LogP contribution in [0.5, 0.6) is 5.75 Å². The number of benzene rings is 4. The van der Waals surface area contributed by atoms with E-state index in [0.717, 1.165) is 182 Å². The van der Waals surface area contributed by atoms with Gasteiger partial charge in [-0.05, 0) is 199 Å². The lowest BCUT2D eigenvalue weighted by atomic mass is 9.96. The Balaban J connectivity index is 0.000000105. The molecule has 16 heterocycles. The van der Waals surface area contributed by atoms with Crippen molar-refractivity contribution in [2.45, 2.75) is 173 Å². The van der Waals surface area contributed by atoms with Crippen molar-refractivity contribution in [2.75, 3.05) is 59.5 Å². The molecule has 554 valence electrons. The Morgan fingerprint density at radius 1 is 0.421 bits per heavy atom. The first-order valence-electron chi connectivity index (χ1n) is 38.7. The van der Waals surface area contributed by atoms with Crippen molar-refractivity contribution in [1.29, 1.82) is 0 Å². The number of pyridine rings is 2. The van der Waals surface area contributed by atoms with Gasteiger partial charge in [0.25, 0.3) is 0 Å². The maximum Gasteiger partial charge on any atom is 0.416 e. The highest BCUT2D eigenvalue weighted by Crippen LogP contribution is 2.47. The highest BCUT2D eigenvalue weighted by Gasteiger charge is 2.41. The molecule has 4 aromatic carbocycles. The van der Waals surface area contributed by atoms with E-state index in [1.54, 1.807) is 31.6 Å². The number of halogens is 6. The van der Waals surface area contributed by atoms with Crippen molar-refractivity contribution in [3.05, 3.63) is 240 Å². The Kier molecular flexibility index (Phi) is 20.3. The van der Waals surface area contributed by atoms with Crippen LogP contribution in [0.1, 0.15) is 160 Å². The minimum atomic E-state index is -4.30. The van der Waals surface area contributed by atoms with Crippen molar-refractivity contribution in [2.24, 2.45) is 0 Å². The average Bonchev–Trinajstić information content (AvgIpc) is 1.61. The number of alkyl halides is 3. The molecule has 0 aliphatic carbocycles. The zero-order chi connectivity index (χ0) is 73.0. The molecule has 107 heavy (non-hydrogen) atoms. The zero-order valence-corrected chi connectivity index (χ0v) is 62.8. The number of hydrogen-bond donors (Lipinski definition) is 0. The van der Waals surface area contributed by atoms with Crippen LogP contribution in [0.3, 0.4) is 0 Å². The van der Waals surface area contributed by atoms with Crippen molar-refractivity contribution in [3.8, 4) is 5.75 Å². The van der Waals surface area contributed by atoms with Crippen molar-refractivity contribution in [1.82, 2.24) is 67.8 Å². The lowest BCUT2D eigenvalue weighted by molar-refractivity contribution is -0.137. The summed E-state index contributed by atoms with van der Waals surface area (Å²) in [7, 11) is 1.70. The van der Waals surface area contributed by atoms with Gasteiger partial charge in [0.15, 0.2) is 11.3 Å². The van der Waals surface area contributed by atoms with Gasteiger partial charge in [-0.25, -0.2) is 34.3 Å². The number of aromatic nitrogens is 10. The minimum absolute atomic E-state index is 0.180. The molecule has 4 unspecified atom stereocenters. The molecule has 4 fully saturated rings. The molecule has 8 aromatic heterocycles. The van der Waals surface area contributed by atoms with Crippen LogP contribution in [0.25, 0.3) is 44.4 Å². The second-order valence-corrected chi connectivity index (χ2v) is 31.3. The van der Waals surface area contributed by atoms with Crippen molar-refractivity contribution >= 4 is 67.6 Å². The molecule has 4 atom stereocenters. The van der Waals surface area contributed by atoms with Crippen molar-refractivity contribution < 1.29 is 22.3 Å². The Labute approximate surface area is 632 Å². The lowest BCUT2D eigenvalue weighted by Crippen LogP contribution is -2.31. The van der Waals surface area contributed by atoms with E-state index in [1.165, 1.54) is 145 Å². The van der Waals surface area contributed by atoms with Gasteiger partial charge < -0.3 is 23.0 Å². The Morgan fingerprint density at radius 2 is 0.766 bits per heavy atom. The van der Waals surface area contributed by atoms with Gasteiger partial charge in [0.2, 0.25) is 0 Å². The SMILES string of the molecule is COc1ccc(CCn2c3c(c4cc(Cl)cnc42)C2CCCN2CC3)cc1.Cc1cnc2c(n1)c1c(n2CCc2ccc(F)cc2)CCN2CCCC12.Cc1cnc2c(n1)c1c(n2CCc2ccccc2)CCN2CCCC12.FC(F)(F)c1ccc(CCn2c3c(c4cc(Cl)cnc42)C2CCCN2CC3)cc1. The standard InChI is InChI=1S/C22H21ClF3N3.C22H24ClN3O.C21H23FN4.C21H24N4/c23-16-12-17-20-18-2-1-9-28(18)10-8-19(20)29(21(17)27-13-16)11-7-14-3-5-15(6-4-14)22(24,25)26;1-27-17-6-4-15(5-7-17)8-12-26-20-9-11-25-10-2-3-19(25)21(20)18-13-16(23)14-24-22(18)26;1-14-13-23-21-20(24-14)19-17-3-2-10-25(17)11-9-18(19)26(21)12-8-15-4-6-16(22)7-5-15;1-15-14-22-21-20(23-15)19-17-8-5-11-24(17)12-10-18(19)25(21)13-9-16-6-3-2-4-7-16/h3-6,12-13,18H,1-2,7-11H2;4-7,13-14,19H,2-3,8-12H2,1H3;4-7,13,17H,2-3,8-12H2,1H3;2-4,6-7,14,17H,5,8-13H2,1H3. The third-order valence-electron chi connectivity index (χ3n) is 24.1. The largest absolute Gasteiger partial charge is 0.497 e. The predicted molar refractivity (Wildman–Crippen MR) is 415 cm³/mol. The van der Waals surface area contributed by atoms with E-state index in [-0.39, 0.29) is 5.82 Å². The highest BCUT2D eigenvalue weighted by atomic mass is 35.5. The number of nitrogens with zero attached hydrogens (tertiary/aromatic N) is 14. The first kappa shape index (κ1) is 71.4. The summed E-state index contributed by atoms with van der Waals surface area (Å²) in [6.07, 6.45) is 20.7. The van der Waals surface area contributed by atoms with Crippen LogP contribution in [0, 0.1) is 19.7 Å². The van der Waals surface area contributed by atoms with Crippen LogP contribution in [0.15, 0.2) is 140 Å². The summed E-state index contributed by atoms with van der Waals surface area (Å²) in [5.74, 6) is 0.723. The van der Waals surface area contributed by atoms with Crippen LogP contribution >= 0.6 is 23.2 Å². The summed E-state index contributed by atoms with van der Waals surface area (Å²) in [6, 6.07) is 37.6. The number of fused-ring (bicyclic) bond motifs is 20. The molecule has 0 amide bonds. The molecule has 20 rings (SSSR count). The molecule has 4 saturated heterocycles. The normalized spacial score (nSPS) is 19.6. The minimum Gasteiger partial charge on any atom is -0.497 e. The molecule has 8 aliphatic rings. The molecular formula is C86H92Cl2F4N14O. The number of ether oxygens (including phenoxy) is 1. The van der Waals surface area contributed by atoms with Gasteiger partial charge in [0.05, 0.1) is 46.5 Å². The molecule has 0 radical (unpaired) electrons. The third-order valence-corrected chi connectivity index (χ3v) is 24.5. The van der Waals surface area contributed by atoms with Crippen LogP contribution in [-0.2, 0) is 83.7 Å². The number of methoxy groups -OCH3 is 1. The van der Waals surface area contributed by atoms with E-state index >= 15 is 0 Å². The summed E-state index contributed by atoms with van der Waals surface area (Å²) in [5.41, 5.74) is 23.9. The molecule has 0 bridgehead atoms. The van der Waals surface area contributed by atoms with Gasteiger partial charge in [-0.1, -0.05) is 89.9 Å². The Bertz CT molecular complexity index is 5210. The summed E-state index contributed by atoms with van der Waals surface area (Å²) >= 11 is 12.6. The van der Waals surface area contributed by atoms with Crippen LogP contribution < -0.4 is 4.74 Å². The average molecular weight is 1480 g/mol. The summed E-state index contributed by atoms with van der Waals surface area (Å²) < 4.78 is 66.4. The van der Waals surface area contributed by atoms with E-state index in [2.05, 4.69) is 98.3 Å². The first-order valence-corrected chi connectivity index (χ1v) is 39.5. The van der Waals surface area contributed by atoms with Gasteiger partial charge in [-0.15, -0.1) is 0 Å². The van der Waals surface area contributed by atoms with Gasteiger partial charge in [0, 0.05) is 159 Å². The molecule has 15 nitrogen and oxygen atoms in total. The fourth-order valence-electron chi connectivity index (χ4n) is 19.1. The first-order chi connectivity index (χ1) is 52.2. The van der Waals surface area contributed by atoms with Gasteiger partial charge in [0.1, 0.15) is 33.9 Å². The van der Waals surface area contributed by atoms with E-state index in [4.69, 9.17) is 52.9 Å². The maximum absolute atomic E-state index is 13.2. The molecule has 0 N–H and O–H groups in total. The second kappa shape index (κ2) is 30.5. The maximum atomic E-state index is 13.2. The van der Waals surface area contributed by atoms with Gasteiger partial charge in [-0.2, -0.15) is 13.2 Å². The molecule has 21 heteroatoms. The van der Waals surface area contributed by atoms with Crippen LogP contribution in [0.4, 0.5) is 17.6 Å². The monoisotopic (exact) mass is 1480 g/mol. The molecule has 0 spiro atoms. The molecule has 8 aliphatic heterocycles.